The predicted molar refractivity (Wildman–Crippen MR) is 178 cm³/mol. The third-order valence-corrected chi connectivity index (χ3v) is 8.58. The number of ether oxygens (including phenoxy) is 1. The van der Waals surface area contributed by atoms with Crippen molar-refractivity contribution in [2.45, 2.75) is 98.1 Å². The number of aliphatic hydroxyl groups is 1. The molecule has 2 heterocycles. The molecule has 12 nitrogen and oxygen atoms in total. The molecule has 3 rings (SSSR count). The van der Waals surface area contributed by atoms with Gasteiger partial charge < -0.3 is 36.0 Å². The van der Waals surface area contributed by atoms with E-state index in [0.717, 1.165) is 21.7 Å². The molecule has 0 bridgehead atoms. The summed E-state index contributed by atoms with van der Waals surface area (Å²) in [4.78, 5) is 61.3. The van der Waals surface area contributed by atoms with Gasteiger partial charge in [-0.15, -0.1) is 11.3 Å². The van der Waals surface area contributed by atoms with Crippen LogP contribution in [0, 0.1) is 12.3 Å². The van der Waals surface area contributed by atoms with E-state index in [0.29, 0.717) is 19.5 Å². The van der Waals surface area contributed by atoms with Gasteiger partial charge in [0.15, 0.2) is 0 Å². The van der Waals surface area contributed by atoms with Gasteiger partial charge in [-0.3, -0.25) is 14.4 Å². The van der Waals surface area contributed by atoms with Gasteiger partial charge in [0.05, 0.1) is 22.2 Å². The molecule has 0 unspecified atom stereocenters. The lowest BCUT2D eigenvalue weighted by Crippen LogP contribution is -2.58. The van der Waals surface area contributed by atoms with E-state index in [2.05, 4.69) is 15.6 Å². The Bertz CT molecular complexity index is 1350. The Morgan fingerprint density at radius 3 is 2.37 bits per heavy atom. The van der Waals surface area contributed by atoms with Crippen molar-refractivity contribution in [1.29, 1.82) is 0 Å². The second-order valence-corrected chi connectivity index (χ2v) is 14.7. The summed E-state index contributed by atoms with van der Waals surface area (Å²) in [5.74, 6) is -1.25. The van der Waals surface area contributed by atoms with Crippen LogP contribution in [0.1, 0.15) is 72.1 Å². The van der Waals surface area contributed by atoms with Crippen molar-refractivity contribution in [3.8, 4) is 10.4 Å². The number of thiazole rings is 1. The summed E-state index contributed by atoms with van der Waals surface area (Å²) in [6.07, 6.45) is -0.830. The number of carbonyl (C=O) groups is 4. The number of carbonyl (C=O) groups excluding carboxylic acids is 4. The van der Waals surface area contributed by atoms with E-state index in [1.54, 1.807) is 32.1 Å². The zero-order chi connectivity index (χ0) is 34.2. The van der Waals surface area contributed by atoms with Crippen LogP contribution in [0.2, 0.25) is 0 Å². The molecule has 0 radical (unpaired) electrons. The lowest BCUT2D eigenvalue weighted by molar-refractivity contribution is -0.144. The highest BCUT2D eigenvalue weighted by Crippen LogP contribution is 2.28. The smallest absolute Gasteiger partial charge is 0.410 e. The van der Waals surface area contributed by atoms with Crippen LogP contribution in [0.3, 0.4) is 0 Å². The van der Waals surface area contributed by atoms with Gasteiger partial charge in [-0.2, -0.15) is 0 Å². The van der Waals surface area contributed by atoms with Gasteiger partial charge in [0.25, 0.3) is 0 Å². The van der Waals surface area contributed by atoms with E-state index in [4.69, 9.17) is 10.5 Å². The van der Waals surface area contributed by atoms with Crippen molar-refractivity contribution in [3.63, 3.8) is 0 Å². The number of nitrogens with one attached hydrogen (secondary N) is 2. The highest BCUT2D eigenvalue weighted by atomic mass is 32.1. The molecule has 5 N–H and O–H groups in total. The molecule has 1 fully saturated rings. The van der Waals surface area contributed by atoms with Crippen LogP contribution < -0.4 is 16.4 Å². The number of benzene rings is 1. The highest BCUT2D eigenvalue weighted by Gasteiger charge is 2.44. The molecule has 1 saturated heterocycles. The molecule has 1 aromatic carbocycles. The zero-order valence-electron chi connectivity index (χ0n) is 28.1. The maximum atomic E-state index is 13.9. The minimum Gasteiger partial charge on any atom is -0.444 e. The number of aryl methyl sites for hydroxylation is 1. The molecule has 1 aliphatic rings. The third-order valence-electron chi connectivity index (χ3n) is 7.60. The molecular formula is C33H50N6O6S. The van der Waals surface area contributed by atoms with Gasteiger partial charge in [-0.25, -0.2) is 9.78 Å². The van der Waals surface area contributed by atoms with Crippen LogP contribution in [0.15, 0.2) is 29.8 Å². The van der Waals surface area contributed by atoms with Crippen molar-refractivity contribution in [2.75, 3.05) is 26.2 Å². The van der Waals surface area contributed by atoms with Crippen LogP contribution in [-0.2, 0) is 25.7 Å². The van der Waals surface area contributed by atoms with Crippen molar-refractivity contribution in [1.82, 2.24) is 25.4 Å². The van der Waals surface area contributed by atoms with Crippen LogP contribution >= 0.6 is 11.3 Å². The molecular weight excluding hydrogens is 608 g/mol. The fourth-order valence-electron chi connectivity index (χ4n) is 5.15. The summed E-state index contributed by atoms with van der Waals surface area (Å²) in [7, 11) is 0. The maximum Gasteiger partial charge on any atom is 0.410 e. The molecule has 13 heteroatoms. The molecule has 1 aliphatic heterocycles. The lowest BCUT2D eigenvalue weighted by atomic mass is 9.85. The molecule has 0 spiro atoms. The van der Waals surface area contributed by atoms with Crippen molar-refractivity contribution >= 4 is 35.2 Å². The summed E-state index contributed by atoms with van der Waals surface area (Å²) in [6.45, 7) is 13.8. The number of likely N-dealkylation sites (tertiary alicyclic amines) is 1. The maximum absolute atomic E-state index is 13.9. The molecule has 254 valence electrons. The summed E-state index contributed by atoms with van der Waals surface area (Å²) in [5.41, 5.74) is 8.95. The molecule has 4 amide bonds. The lowest BCUT2D eigenvalue weighted by Gasteiger charge is -2.35. The summed E-state index contributed by atoms with van der Waals surface area (Å²) in [6, 6.07) is 5.99. The highest BCUT2D eigenvalue weighted by molar-refractivity contribution is 7.13. The van der Waals surface area contributed by atoms with Crippen LogP contribution in [0.4, 0.5) is 4.79 Å². The fourth-order valence-corrected chi connectivity index (χ4v) is 5.96. The van der Waals surface area contributed by atoms with E-state index >= 15 is 0 Å². The van der Waals surface area contributed by atoms with Crippen molar-refractivity contribution < 1.29 is 29.0 Å². The molecule has 2 aromatic rings. The van der Waals surface area contributed by atoms with E-state index in [1.165, 1.54) is 9.80 Å². The van der Waals surface area contributed by atoms with Crippen LogP contribution in [0.25, 0.3) is 10.4 Å². The number of aliphatic hydroxyl groups excluding tert-OH is 1. The summed E-state index contributed by atoms with van der Waals surface area (Å²) in [5, 5.41) is 16.2. The average molecular weight is 659 g/mol. The van der Waals surface area contributed by atoms with Gasteiger partial charge in [-0.05, 0) is 57.2 Å². The van der Waals surface area contributed by atoms with E-state index in [9.17, 15) is 24.3 Å². The predicted octanol–water partition coefficient (Wildman–Crippen LogP) is 3.20. The Morgan fingerprint density at radius 2 is 1.80 bits per heavy atom. The number of nitrogens with zero attached hydrogens (tertiary/aromatic N) is 3. The number of nitrogens with two attached hydrogens (primary N) is 1. The van der Waals surface area contributed by atoms with Gasteiger partial charge in [-0.1, -0.05) is 45.0 Å². The Balaban J connectivity index is 1.64. The topological polar surface area (TPSA) is 167 Å². The second-order valence-electron chi connectivity index (χ2n) is 13.8. The van der Waals surface area contributed by atoms with E-state index < -0.39 is 47.1 Å². The summed E-state index contributed by atoms with van der Waals surface area (Å²) >= 11 is 1.57. The first kappa shape index (κ1) is 36.9. The molecule has 46 heavy (non-hydrogen) atoms. The number of amides is 4. The van der Waals surface area contributed by atoms with E-state index in [-0.39, 0.29) is 38.4 Å². The number of hydrogen-bond donors (Lipinski definition) is 4. The first-order chi connectivity index (χ1) is 21.5. The minimum atomic E-state index is -0.970. The average Bonchev–Trinajstić information content (AvgIpc) is 3.58. The fraction of sp³-hybridized carbons (Fsp3) is 0.606. The number of β-amino-alcohol motifs (C(OH)–C–C–N with tert-alkyl or cyclic N) is 1. The number of aromatic nitrogens is 1. The van der Waals surface area contributed by atoms with Gasteiger partial charge >= 0.3 is 6.09 Å². The summed E-state index contributed by atoms with van der Waals surface area (Å²) < 4.78 is 5.48. The van der Waals surface area contributed by atoms with Gasteiger partial charge in [0.1, 0.15) is 17.7 Å². The van der Waals surface area contributed by atoms with Crippen molar-refractivity contribution in [3.05, 3.63) is 41.0 Å². The Kier molecular flexibility index (Phi) is 12.7. The Morgan fingerprint density at radius 1 is 1.13 bits per heavy atom. The zero-order valence-corrected chi connectivity index (χ0v) is 28.9. The Hall–Kier alpha value is -3.55. The molecule has 1 aromatic heterocycles. The standard InChI is InChI=1S/C33H50N6O6S/c1-21-27(46-20-36-21)23-11-9-22(10-12-23)18-35-29(42)25-17-24(40)19-39(25)30(43)28(32(2,3)4)37-26(41)13-16-38(15-8-14-34)31(44)45-33(5,6)7/h9-12,20,24-25,28,40H,8,13-19,34H2,1-7H3,(H,35,42)(H,37,41)/t24-,25+,28-/m1/s1. The third kappa shape index (κ3) is 10.5. The van der Waals surface area contributed by atoms with Crippen molar-refractivity contribution in [2.24, 2.45) is 11.1 Å². The van der Waals surface area contributed by atoms with Gasteiger partial charge in [0.2, 0.25) is 17.7 Å². The normalized spacial score (nSPS) is 17.4. The second kappa shape index (κ2) is 15.8. The number of rotatable bonds is 12. The molecule has 0 saturated carbocycles. The monoisotopic (exact) mass is 658 g/mol. The van der Waals surface area contributed by atoms with Gasteiger partial charge in [0, 0.05) is 39.0 Å². The SMILES string of the molecule is Cc1ncsc1-c1ccc(CNC(=O)[C@@H]2C[C@@H](O)CN2C(=O)[C@@H](NC(=O)CCN(CCCN)C(=O)OC(C)(C)C)C(C)(C)C)cc1. The van der Waals surface area contributed by atoms with E-state index in [1.807, 2.05) is 57.5 Å². The minimum absolute atomic E-state index is 0.0201. The molecule has 0 aliphatic carbocycles. The first-order valence-electron chi connectivity index (χ1n) is 15.7. The quantitative estimate of drug-likeness (QED) is 0.270. The largest absolute Gasteiger partial charge is 0.444 e. The Labute approximate surface area is 276 Å². The number of hydrogen-bond acceptors (Lipinski definition) is 9. The first-order valence-corrected chi connectivity index (χ1v) is 16.6. The van der Waals surface area contributed by atoms with Crippen LogP contribution in [0.5, 0.6) is 0 Å². The van der Waals surface area contributed by atoms with Crippen LogP contribution in [-0.4, -0.2) is 93.7 Å². The molecule has 3 atom stereocenters.